The first kappa shape index (κ1) is 47.0. The lowest BCUT2D eigenvalue weighted by atomic mass is 10.0. The molecule has 8 nitrogen and oxygen atoms in total. The number of hydrogen-bond donors (Lipinski definition) is 2. The summed E-state index contributed by atoms with van der Waals surface area (Å²) in [5.41, 5.74) is 0. The Kier molecular flexibility index (Phi) is 31.2. The first-order valence-corrected chi connectivity index (χ1v) is 21.1. The molecule has 1 unspecified atom stereocenters. The molecule has 284 valence electrons. The fourth-order valence-electron chi connectivity index (χ4n) is 5.48. The maximum absolute atomic E-state index is 12.7. The number of carbonyl (C=O) groups excluding carboxylic acids is 1. The van der Waals surface area contributed by atoms with Gasteiger partial charge >= 0.3 is 0 Å². The number of allylic oxidation sites excluding steroid dienone is 2. The fraction of sp³-hybridized carbons (Fsp3) is 0.872. The maximum Gasteiger partial charge on any atom is 0.268 e. The van der Waals surface area contributed by atoms with Crippen LogP contribution in [0, 0.1) is 0 Å². The van der Waals surface area contributed by atoms with Gasteiger partial charge in [0.2, 0.25) is 5.91 Å². The van der Waals surface area contributed by atoms with E-state index in [0.29, 0.717) is 17.4 Å². The molecule has 0 radical (unpaired) electrons. The molecule has 9 heteroatoms. The second kappa shape index (κ2) is 31.9. The summed E-state index contributed by atoms with van der Waals surface area (Å²) in [7, 11) is 1.24. The molecule has 0 aliphatic carbocycles. The summed E-state index contributed by atoms with van der Waals surface area (Å²) in [4.78, 5) is 25.1. The number of unbranched alkanes of at least 4 members (excludes halogenated alkanes) is 20. The van der Waals surface area contributed by atoms with Gasteiger partial charge in [-0.25, -0.2) is 0 Å². The second-order valence-corrected chi connectivity index (χ2v) is 16.1. The summed E-state index contributed by atoms with van der Waals surface area (Å²) in [5.74, 6) is -0.275. The highest BCUT2D eigenvalue weighted by atomic mass is 31.2. The molecule has 0 saturated heterocycles. The number of nitrogens with zero attached hydrogens (tertiary/aromatic N) is 1. The summed E-state index contributed by atoms with van der Waals surface area (Å²) in [5, 5.41) is 13.7. The van der Waals surface area contributed by atoms with Crippen molar-refractivity contribution in [1.29, 1.82) is 0 Å². The van der Waals surface area contributed by atoms with Crippen molar-refractivity contribution < 1.29 is 32.9 Å². The number of rotatable bonds is 35. The van der Waals surface area contributed by atoms with E-state index in [1.165, 1.54) is 116 Å². The summed E-state index contributed by atoms with van der Waals surface area (Å²) < 4.78 is 23.1. The molecule has 0 heterocycles. The number of phosphoric ester groups is 1. The first-order chi connectivity index (χ1) is 23.0. The minimum atomic E-state index is -4.58. The third-order valence-corrected chi connectivity index (χ3v) is 9.66. The zero-order valence-electron chi connectivity index (χ0n) is 31.9. The largest absolute Gasteiger partial charge is 0.756 e. The second-order valence-electron chi connectivity index (χ2n) is 14.7. The monoisotopic (exact) mass is 701 g/mol. The van der Waals surface area contributed by atoms with Gasteiger partial charge < -0.3 is 28.8 Å². The average Bonchev–Trinajstić information content (AvgIpc) is 3.02. The van der Waals surface area contributed by atoms with Crippen LogP contribution >= 0.6 is 7.82 Å². The summed E-state index contributed by atoms with van der Waals surface area (Å²) in [6.45, 7) is 4.60. The summed E-state index contributed by atoms with van der Waals surface area (Å²) in [6, 6.07) is -0.876. The molecule has 2 N–H and O–H groups in total. The van der Waals surface area contributed by atoms with Gasteiger partial charge in [-0.15, -0.1) is 0 Å². The van der Waals surface area contributed by atoms with Crippen molar-refractivity contribution in [2.45, 2.75) is 180 Å². The van der Waals surface area contributed by atoms with Crippen molar-refractivity contribution in [1.82, 2.24) is 5.32 Å². The van der Waals surface area contributed by atoms with Crippen LogP contribution in [0.3, 0.4) is 0 Å². The smallest absolute Gasteiger partial charge is 0.268 e. The van der Waals surface area contributed by atoms with Gasteiger partial charge in [0.05, 0.1) is 39.9 Å². The van der Waals surface area contributed by atoms with E-state index in [4.69, 9.17) is 9.05 Å². The Morgan fingerprint density at radius 2 is 1.15 bits per heavy atom. The van der Waals surface area contributed by atoms with Crippen LogP contribution in [-0.2, 0) is 18.4 Å². The average molecular weight is 701 g/mol. The third kappa shape index (κ3) is 33.5. The number of phosphoric acid groups is 1. The lowest BCUT2D eigenvalue weighted by Crippen LogP contribution is -2.46. The molecule has 1 amide bonds. The number of aliphatic hydroxyl groups excluding tert-OH is 1. The van der Waals surface area contributed by atoms with Crippen LogP contribution in [0.5, 0.6) is 0 Å². The van der Waals surface area contributed by atoms with E-state index in [9.17, 15) is 19.4 Å². The van der Waals surface area contributed by atoms with E-state index < -0.39 is 20.0 Å². The van der Waals surface area contributed by atoms with E-state index in [2.05, 4.69) is 25.2 Å². The van der Waals surface area contributed by atoms with E-state index >= 15 is 0 Å². The Balaban J connectivity index is 4.58. The first-order valence-electron chi connectivity index (χ1n) is 19.7. The Labute approximate surface area is 296 Å². The molecule has 0 aliphatic heterocycles. The third-order valence-electron chi connectivity index (χ3n) is 8.70. The number of nitrogens with one attached hydrogen (secondary N) is 1. The molecule has 0 saturated carbocycles. The van der Waals surface area contributed by atoms with Crippen molar-refractivity contribution >= 4 is 13.7 Å². The van der Waals surface area contributed by atoms with Gasteiger partial charge in [0.1, 0.15) is 13.2 Å². The lowest BCUT2D eigenvalue weighted by Gasteiger charge is -2.29. The minimum absolute atomic E-state index is 0.00457. The molecule has 48 heavy (non-hydrogen) atoms. The van der Waals surface area contributed by atoms with Gasteiger partial charge in [0, 0.05) is 6.42 Å². The van der Waals surface area contributed by atoms with Crippen molar-refractivity contribution in [3.8, 4) is 0 Å². The fourth-order valence-corrected chi connectivity index (χ4v) is 6.20. The van der Waals surface area contributed by atoms with Crippen molar-refractivity contribution in [3.63, 3.8) is 0 Å². The van der Waals surface area contributed by atoms with E-state index in [1.54, 1.807) is 0 Å². The van der Waals surface area contributed by atoms with Gasteiger partial charge in [0.15, 0.2) is 0 Å². The number of hydrogen-bond acceptors (Lipinski definition) is 6. The lowest BCUT2D eigenvalue weighted by molar-refractivity contribution is -0.870. The number of amides is 1. The number of quaternary nitrogens is 1. The predicted octanol–water partition coefficient (Wildman–Crippen LogP) is 9.55. The van der Waals surface area contributed by atoms with Gasteiger partial charge in [-0.05, 0) is 32.1 Å². The molecule has 0 fully saturated rings. The van der Waals surface area contributed by atoms with Crippen LogP contribution in [-0.4, -0.2) is 68.5 Å². The molecule has 0 rings (SSSR count). The number of aliphatic hydroxyl groups is 1. The SMILES string of the molecule is CCCCCCCCCCCCC=CCC(=O)N[C@@H](COP(=O)([O-])OCC[N+](C)(C)C)[C@H](O)CC=CCCCCCCCCCCCC. The van der Waals surface area contributed by atoms with Crippen molar-refractivity contribution in [3.05, 3.63) is 24.3 Å². The van der Waals surface area contributed by atoms with Crippen LogP contribution in [0.4, 0.5) is 0 Å². The van der Waals surface area contributed by atoms with Crippen LogP contribution in [0.15, 0.2) is 24.3 Å². The van der Waals surface area contributed by atoms with Crippen molar-refractivity contribution in [2.75, 3.05) is 40.9 Å². The van der Waals surface area contributed by atoms with E-state index in [-0.39, 0.29) is 25.5 Å². The maximum atomic E-state index is 12.7. The Morgan fingerprint density at radius 3 is 1.60 bits per heavy atom. The minimum Gasteiger partial charge on any atom is -0.756 e. The Morgan fingerprint density at radius 1 is 0.708 bits per heavy atom. The van der Waals surface area contributed by atoms with E-state index in [0.717, 1.165) is 25.7 Å². The zero-order valence-corrected chi connectivity index (χ0v) is 32.8. The van der Waals surface area contributed by atoms with Crippen molar-refractivity contribution in [2.24, 2.45) is 0 Å². The standard InChI is InChI=1S/C39H77N2O6P/c1-6-8-10-12-14-16-18-20-22-24-26-28-30-32-38(42)37(36-47-48(44,45)46-35-34-41(3,4)5)40-39(43)33-31-29-27-25-23-21-19-17-15-13-11-9-7-2/h28-31,37-38,42H,6-27,32-36H2,1-5H3,(H-,40,43,44,45)/t37-,38+/m0/s1. The van der Waals surface area contributed by atoms with Crippen LogP contribution in [0.2, 0.25) is 0 Å². The highest BCUT2D eigenvalue weighted by Gasteiger charge is 2.23. The number of carbonyl (C=O) groups is 1. The molecule has 0 aromatic heterocycles. The predicted molar refractivity (Wildman–Crippen MR) is 201 cm³/mol. The van der Waals surface area contributed by atoms with Gasteiger partial charge in [-0.2, -0.15) is 0 Å². The highest BCUT2D eigenvalue weighted by Crippen LogP contribution is 2.38. The van der Waals surface area contributed by atoms with Gasteiger partial charge in [0.25, 0.3) is 7.82 Å². The molecule has 0 spiro atoms. The normalized spacial score (nSPS) is 14.9. The summed E-state index contributed by atoms with van der Waals surface area (Å²) in [6.07, 6.45) is 35.1. The summed E-state index contributed by atoms with van der Waals surface area (Å²) >= 11 is 0. The van der Waals surface area contributed by atoms with Crippen LogP contribution < -0.4 is 10.2 Å². The Hall–Kier alpha value is -1.02. The molecule has 0 aromatic rings. The molecule has 0 bridgehead atoms. The topological polar surface area (TPSA) is 108 Å². The molecule has 0 aromatic carbocycles. The molecular weight excluding hydrogens is 623 g/mol. The van der Waals surface area contributed by atoms with Crippen LogP contribution in [0.25, 0.3) is 0 Å². The van der Waals surface area contributed by atoms with Gasteiger partial charge in [-0.3, -0.25) is 9.36 Å². The molecular formula is C39H77N2O6P. The van der Waals surface area contributed by atoms with Gasteiger partial charge in [-0.1, -0.05) is 154 Å². The van der Waals surface area contributed by atoms with Crippen LogP contribution in [0.1, 0.15) is 168 Å². The number of likely N-dealkylation sites (N-methyl/N-ethyl adjacent to an activating group) is 1. The quantitative estimate of drug-likeness (QED) is 0.0295. The zero-order chi connectivity index (χ0) is 35.8. The molecule has 3 atom stereocenters. The van der Waals surface area contributed by atoms with E-state index in [1.807, 2.05) is 39.4 Å². The Bertz CT molecular complexity index is 845. The molecule has 0 aliphatic rings. The highest BCUT2D eigenvalue weighted by molar-refractivity contribution is 7.45.